The molecule has 4 rings (SSSR count). The van der Waals surface area contributed by atoms with Gasteiger partial charge in [-0.15, -0.1) is 0 Å². The SMILES string of the molecule is c1ccc(O[PH](Oc2ccccc2)(OC2CCCCC2)c2ccccc2)cc1. The Morgan fingerprint density at radius 1 is 0.571 bits per heavy atom. The van der Waals surface area contributed by atoms with Crippen molar-refractivity contribution in [1.82, 2.24) is 0 Å². The molecular weight excluding hydrogens is 367 g/mol. The summed E-state index contributed by atoms with van der Waals surface area (Å²) in [5.74, 6) is 1.54. The summed E-state index contributed by atoms with van der Waals surface area (Å²) in [6, 6.07) is 29.9. The molecule has 3 nitrogen and oxygen atoms in total. The van der Waals surface area contributed by atoms with Gasteiger partial charge in [0.05, 0.1) is 0 Å². The van der Waals surface area contributed by atoms with Gasteiger partial charge in [-0.25, -0.2) is 0 Å². The third kappa shape index (κ3) is 4.73. The van der Waals surface area contributed by atoms with Crippen LogP contribution in [0.5, 0.6) is 11.5 Å². The number of para-hydroxylation sites is 2. The predicted octanol–water partition coefficient (Wildman–Crippen LogP) is 6.31. The van der Waals surface area contributed by atoms with Gasteiger partial charge in [0.25, 0.3) is 0 Å². The van der Waals surface area contributed by atoms with E-state index in [0.29, 0.717) is 0 Å². The van der Waals surface area contributed by atoms with E-state index in [2.05, 4.69) is 12.1 Å². The minimum atomic E-state index is -3.24. The Morgan fingerprint density at radius 3 is 1.54 bits per heavy atom. The van der Waals surface area contributed by atoms with Crippen molar-refractivity contribution in [3.63, 3.8) is 0 Å². The van der Waals surface area contributed by atoms with Crippen molar-refractivity contribution >= 4 is 13.2 Å². The van der Waals surface area contributed by atoms with Gasteiger partial charge in [0.2, 0.25) is 0 Å². The molecule has 1 aliphatic carbocycles. The molecule has 0 amide bonds. The summed E-state index contributed by atoms with van der Waals surface area (Å²) in [6.07, 6.45) is 5.93. The number of hydrogen-bond acceptors (Lipinski definition) is 3. The second-order valence-electron chi connectivity index (χ2n) is 7.13. The minimum absolute atomic E-state index is 0.160. The van der Waals surface area contributed by atoms with Crippen LogP contribution in [0.15, 0.2) is 91.0 Å². The standard InChI is InChI=1S/C24H27O3P/c1-5-13-21(14-6-1)25-28(24-19-11-4-12-20-24,26-22-15-7-2-8-16-22)27-23-17-9-3-10-18-23/h1-2,4-8,11-16,19-20,23,28H,3,9-10,17-18H2. The maximum absolute atomic E-state index is 6.77. The summed E-state index contributed by atoms with van der Waals surface area (Å²) in [5, 5.41) is 0.980. The van der Waals surface area contributed by atoms with Gasteiger partial charge in [0, 0.05) is 0 Å². The Labute approximate surface area is 167 Å². The fourth-order valence-electron chi connectivity index (χ4n) is 3.59. The van der Waals surface area contributed by atoms with Crippen molar-refractivity contribution in [2.75, 3.05) is 0 Å². The van der Waals surface area contributed by atoms with E-state index in [-0.39, 0.29) is 6.10 Å². The zero-order chi connectivity index (χ0) is 19.1. The van der Waals surface area contributed by atoms with Crippen LogP contribution in [0.2, 0.25) is 0 Å². The van der Waals surface area contributed by atoms with Crippen molar-refractivity contribution in [2.45, 2.75) is 38.2 Å². The molecule has 0 heterocycles. The third-order valence-electron chi connectivity index (χ3n) is 4.99. The summed E-state index contributed by atoms with van der Waals surface area (Å²) in [6.45, 7) is 0. The molecule has 3 aromatic carbocycles. The van der Waals surface area contributed by atoms with Gasteiger partial charge in [0.1, 0.15) is 0 Å². The van der Waals surface area contributed by atoms with Crippen molar-refractivity contribution < 1.29 is 13.6 Å². The van der Waals surface area contributed by atoms with Gasteiger partial charge in [-0.2, -0.15) is 0 Å². The molecule has 0 unspecified atom stereocenters. The molecule has 0 saturated heterocycles. The normalized spacial score (nSPS) is 15.7. The summed E-state index contributed by atoms with van der Waals surface area (Å²) >= 11 is 0. The molecule has 146 valence electrons. The molecule has 0 aromatic heterocycles. The summed E-state index contributed by atoms with van der Waals surface area (Å²) in [5.41, 5.74) is 0. The summed E-state index contributed by atoms with van der Waals surface area (Å²) in [4.78, 5) is 0. The second-order valence-corrected chi connectivity index (χ2v) is 9.46. The van der Waals surface area contributed by atoms with Gasteiger partial charge >= 0.3 is 168 Å². The molecule has 0 N–H and O–H groups in total. The average Bonchev–Trinajstić information content (AvgIpc) is 2.76. The third-order valence-corrected chi connectivity index (χ3v) is 7.69. The van der Waals surface area contributed by atoms with Crippen LogP contribution in [-0.2, 0) is 4.52 Å². The quantitative estimate of drug-likeness (QED) is 0.439. The van der Waals surface area contributed by atoms with E-state index >= 15 is 0 Å². The van der Waals surface area contributed by atoms with Crippen LogP contribution >= 0.6 is 7.94 Å². The second kappa shape index (κ2) is 9.23. The van der Waals surface area contributed by atoms with Crippen molar-refractivity contribution in [3.05, 3.63) is 91.0 Å². The van der Waals surface area contributed by atoms with E-state index in [9.17, 15) is 0 Å². The van der Waals surface area contributed by atoms with Gasteiger partial charge in [-0.3, -0.25) is 0 Å². The van der Waals surface area contributed by atoms with Gasteiger partial charge < -0.3 is 0 Å². The molecule has 4 heteroatoms. The van der Waals surface area contributed by atoms with Crippen LogP contribution in [0, 0.1) is 0 Å². The summed E-state index contributed by atoms with van der Waals surface area (Å²) in [7, 11) is -3.24. The molecule has 0 aliphatic heterocycles. The van der Waals surface area contributed by atoms with Crippen molar-refractivity contribution in [3.8, 4) is 11.5 Å². The average molecular weight is 394 g/mol. The van der Waals surface area contributed by atoms with E-state index in [4.69, 9.17) is 13.6 Å². The molecule has 3 aromatic rings. The van der Waals surface area contributed by atoms with E-state index < -0.39 is 7.94 Å². The van der Waals surface area contributed by atoms with Gasteiger partial charge in [0.15, 0.2) is 0 Å². The molecule has 0 atom stereocenters. The van der Waals surface area contributed by atoms with Crippen LogP contribution in [0.1, 0.15) is 32.1 Å². The van der Waals surface area contributed by atoms with Crippen LogP contribution in [0.25, 0.3) is 0 Å². The Balaban J connectivity index is 1.74. The van der Waals surface area contributed by atoms with Crippen LogP contribution in [0.3, 0.4) is 0 Å². The maximum atomic E-state index is 6.77. The molecule has 1 saturated carbocycles. The molecule has 0 radical (unpaired) electrons. The number of benzene rings is 3. The van der Waals surface area contributed by atoms with E-state index in [1.165, 1.54) is 19.3 Å². The first-order valence-corrected chi connectivity index (χ1v) is 11.8. The predicted molar refractivity (Wildman–Crippen MR) is 116 cm³/mol. The van der Waals surface area contributed by atoms with E-state index in [0.717, 1.165) is 29.6 Å². The monoisotopic (exact) mass is 394 g/mol. The molecule has 1 aliphatic rings. The topological polar surface area (TPSA) is 27.7 Å². The van der Waals surface area contributed by atoms with Gasteiger partial charge in [-0.05, 0) is 0 Å². The van der Waals surface area contributed by atoms with E-state index in [1.54, 1.807) is 0 Å². The molecule has 1 fully saturated rings. The Morgan fingerprint density at radius 2 is 1.04 bits per heavy atom. The van der Waals surface area contributed by atoms with E-state index in [1.807, 2.05) is 78.9 Å². The first-order chi connectivity index (χ1) is 13.8. The first-order valence-electron chi connectivity index (χ1n) is 10.1. The first kappa shape index (κ1) is 19.0. The number of rotatable bonds is 7. The zero-order valence-corrected chi connectivity index (χ0v) is 17.0. The molecule has 0 spiro atoms. The Bertz CT molecular complexity index is 792. The van der Waals surface area contributed by atoms with Crippen molar-refractivity contribution in [2.24, 2.45) is 0 Å². The van der Waals surface area contributed by atoms with Crippen molar-refractivity contribution in [1.29, 1.82) is 0 Å². The fourth-order valence-corrected chi connectivity index (χ4v) is 6.26. The Hall–Kier alpha value is -2.35. The van der Waals surface area contributed by atoms with Crippen LogP contribution in [-0.4, -0.2) is 6.10 Å². The van der Waals surface area contributed by atoms with Crippen LogP contribution in [0.4, 0.5) is 0 Å². The van der Waals surface area contributed by atoms with Gasteiger partial charge in [-0.1, -0.05) is 0 Å². The molecule has 28 heavy (non-hydrogen) atoms. The fraction of sp³-hybridized carbons (Fsp3) is 0.250. The summed E-state index contributed by atoms with van der Waals surface area (Å²) < 4.78 is 19.9. The molecular formula is C24H27O3P. The zero-order valence-electron chi connectivity index (χ0n) is 16.0. The number of hydrogen-bond donors (Lipinski definition) is 0. The molecule has 0 bridgehead atoms. The Kier molecular flexibility index (Phi) is 6.26. The van der Waals surface area contributed by atoms with Crippen LogP contribution < -0.4 is 14.4 Å².